The molecule has 2 aromatic carbocycles. The Labute approximate surface area is 170 Å². The van der Waals surface area contributed by atoms with Crippen LogP contribution in [0.1, 0.15) is 43.9 Å². The molecule has 0 aliphatic heterocycles. The van der Waals surface area contributed by atoms with Gasteiger partial charge in [0.05, 0.1) is 16.7 Å². The number of carbonyl (C=O) groups is 1. The number of fused-ring (bicyclic) bond motifs is 1. The molecule has 5 heteroatoms. The number of para-hydroxylation sites is 1. The van der Waals surface area contributed by atoms with Crippen molar-refractivity contribution in [2.45, 2.75) is 44.8 Å². The van der Waals surface area contributed by atoms with E-state index in [1.165, 1.54) is 11.8 Å². The van der Waals surface area contributed by atoms with E-state index in [0.717, 1.165) is 53.6 Å². The molecule has 1 fully saturated rings. The van der Waals surface area contributed by atoms with E-state index in [0.29, 0.717) is 6.61 Å². The van der Waals surface area contributed by atoms with Crippen LogP contribution in [0, 0.1) is 11.5 Å². The van der Waals surface area contributed by atoms with Crippen LogP contribution in [-0.2, 0) is 16.9 Å². The van der Waals surface area contributed by atoms with Crippen LogP contribution in [0.15, 0.2) is 60.7 Å². The molecule has 0 bridgehead atoms. The highest BCUT2D eigenvalue weighted by Crippen LogP contribution is 2.44. The summed E-state index contributed by atoms with van der Waals surface area (Å²) in [6.07, 6.45) is 5.74. The number of pyridine rings is 1. The summed E-state index contributed by atoms with van der Waals surface area (Å²) in [6, 6.07) is 19.8. The second kappa shape index (κ2) is 7.92. The van der Waals surface area contributed by atoms with Gasteiger partial charge >= 0.3 is 0 Å². The molecule has 146 valence electrons. The zero-order valence-electron chi connectivity index (χ0n) is 16.5. The summed E-state index contributed by atoms with van der Waals surface area (Å²) in [5.74, 6) is 0.528. The maximum absolute atomic E-state index is 12.0. The standard InChI is InChI=1S/C24H23N3O2/c1-18(28)27(17-25)24(14-4-5-15-24)20-9-12-22(13-10-20)29-16-21-11-8-19-6-2-3-7-23(19)26-21/h2-3,6-13H,4-5,14-16H2,1H3. The van der Waals surface area contributed by atoms with Gasteiger partial charge in [0.2, 0.25) is 5.91 Å². The highest BCUT2D eigenvalue weighted by molar-refractivity contribution is 5.78. The lowest BCUT2D eigenvalue weighted by atomic mass is 9.86. The van der Waals surface area contributed by atoms with Crippen molar-refractivity contribution >= 4 is 16.8 Å². The lowest BCUT2D eigenvalue weighted by molar-refractivity contribution is -0.131. The Hall–Kier alpha value is -3.39. The monoisotopic (exact) mass is 385 g/mol. The third kappa shape index (κ3) is 3.66. The number of nitrogens with zero attached hydrogens (tertiary/aromatic N) is 3. The Morgan fingerprint density at radius 1 is 1.10 bits per heavy atom. The maximum Gasteiger partial charge on any atom is 0.233 e. The molecule has 1 aliphatic rings. The molecule has 0 spiro atoms. The third-order valence-electron chi connectivity index (χ3n) is 5.71. The van der Waals surface area contributed by atoms with Crippen molar-refractivity contribution in [3.63, 3.8) is 0 Å². The Bertz CT molecular complexity index is 1060. The van der Waals surface area contributed by atoms with Gasteiger partial charge < -0.3 is 4.74 Å². The Kier molecular flexibility index (Phi) is 5.18. The molecule has 1 heterocycles. The van der Waals surface area contributed by atoms with E-state index in [1.54, 1.807) is 0 Å². The molecule has 1 amide bonds. The van der Waals surface area contributed by atoms with Crippen molar-refractivity contribution in [2.75, 3.05) is 0 Å². The molecule has 3 aromatic rings. The van der Waals surface area contributed by atoms with Gasteiger partial charge in [-0.1, -0.05) is 49.2 Å². The van der Waals surface area contributed by atoms with E-state index >= 15 is 0 Å². The van der Waals surface area contributed by atoms with E-state index in [-0.39, 0.29) is 5.91 Å². The predicted octanol–water partition coefficient (Wildman–Crippen LogP) is 4.91. The van der Waals surface area contributed by atoms with Crippen LogP contribution in [0.5, 0.6) is 5.75 Å². The molecule has 5 nitrogen and oxygen atoms in total. The Morgan fingerprint density at radius 2 is 1.83 bits per heavy atom. The van der Waals surface area contributed by atoms with Gasteiger partial charge in [-0.05, 0) is 42.7 Å². The summed E-state index contributed by atoms with van der Waals surface area (Å²) in [7, 11) is 0. The van der Waals surface area contributed by atoms with Crippen LogP contribution < -0.4 is 4.74 Å². The van der Waals surface area contributed by atoms with Gasteiger partial charge in [-0.3, -0.25) is 4.79 Å². The lowest BCUT2D eigenvalue weighted by Gasteiger charge is -2.36. The molecule has 0 radical (unpaired) electrons. The average Bonchev–Trinajstić information content (AvgIpc) is 3.23. The van der Waals surface area contributed by atoms with E-state index in [1.807, 2.05) is 60.7 Å². The van der Waals surface area contributed by atoms with Gasteiger partial charge in [0.15, 0.2) is 6.19 Å². The number of benzene rings is 2. The van der Waals surface area contributed by atoms with Gasteiger partial charge in [0.25, 0.3) is 0 Å². The molecule has 1 saturated carbocycles. The van der Waals surface area contributed by atoms with Crippen molar-refractivity contribution in [3.05, 3.63) is 71.9 Å². The molecule has 0 atom stereocenters. The predicted molar refractivity (Wildman–Crippen MR) is 111 cm³/mol. The van der Waals surface area contributed by atoms with Gasteiger partial charge in [0.1, 0.15) is 12.4 Å². The van der Waals surface area contributed by atoms with Crippen molar-refractivity contribution in [1.82, 2.24) is 9.88 Å². The molecule has 1 aromatic heterocycles. The molecule has 1 aliphatic carbocycles. The third-order valence-corrected chi connectivity index (χ3v) is 5.71. The van der Waals surface area contributed by atoms with E-state index in [4.69, 9.17) is 4.74 Å². The van der Waals surface area contributed by atoms with Gasteiger partial charge in [0, 0.05) is 12.3 Å². The van der Waals surface area contributed by atoms with Crippen molar-refractivity contribution in [3.8, 4) is 11.9 Å². The summed E-state index contributed by atoms with van der Waals surface area (Å²) >= 11 is 0. The molecular weight excluding hydrogens is 362 g/mol. The lowest BCUT2D eigenvalue weighted by Crippen LogP contribution is -2.43. The SMILES string of the molecule is CC(=O)N(C#N)C1(c2ccc(OCc3ccc4ccccc4n3)cc2)CCCC1. The number of carbonyl (C=O) groups excluding carboxylic acids is 1. The van der Waals surface area contributed by atoms with Crippen molar-refractivity contribution in [2.24, 2.45) is 0 Å². The number of amides is 1. The minimum atomic E-state index is -0.529. The molecule has 29 heavy (non-hydrogen) atoms. The van der Waals surface area contributed by atoms with E-state index < -0.39 is 5.54 Å². The smallest absolute Gasteiger partial charge is 0.233 e. The fourth-order valence-corrected chi connectivity index (χ4v) is 4.28. The number of aromatic nitrogens is 1. The first-order valence-corrected chi connectivity index (χ1v) is 9.91. The average molecular weight is 385 g/mol. The summed E-state index contributed by atoms with van der Waals surface area (Å²) in [4.78, 5) is 18.0. The summed E-state index contributed by atoms with van der Waals surface area (Å²) in [6.45, 7) is 1.84. The number of ether oxygens (including phenoxy) is 1. The molecule has 0 saturated heterocycles. The number of rotatable bonds is 5. The molecule has 4 rings (SSSR count). The number of nitriles is 1. The second-order valence-electron chi connectivity index (χ2n) is 7.50. The van der Waals surface area contributed by atoms with Crippen molar-refractivity contribution < 1.29 is 9.53 Å². The van der Waals surface area contributed by atoms with Gasteiger partial charge in [-0.15, -0.1) is 0 Å². The van der Waals surface area contributed by atoms with Gasteiger partial charge in [-0.2, -0.15) is 5.26 Å². The first-order chi connectivity index (χ1) is 14.1. The second-order valence-corrected chi connectivity index (χ2v) is 7.50. The number of hydrogen-bond donors (Lipinski definition) is 0. The summed E-state index contributed by atoms with van der Waals surface area (Å²) < 4.78 is 5.92. The van der Waals surface area contributed by atoms with Crippen LogP contribution in [0.3, 0.4) is 0 Å². The highest BCUT2D eigenvalue weighted by atomic mass is 16.5. The van der Waals surface area contributed by atoms with E-state index in [9.17, 15) is 10.1 Å². The Balaban J connectivity index is 1.51. The summed E-state index contributed by atoms with van der Waals surface area (Å²) in [5, 5.41) is 10.7. The Morgan fingerprint density at radius 3 is 2.52 bits per heavy atom. The van der Waals surface area contributed by atoms with Gasteiger partial charge in [-0.25, -0.2) is 9.88 Å². The van der Waals surface area contributed by atoms with Crippen LogP contribution in [0.2, 0.25) is 0 Å². The first kappa shape index (κ1) is 18.9. The zero-order chi connectivity index (χ0) is 20.3. The summed E-state index contributed by atoms with van der Waals surface area (Å²) in [5.41, 5.74) is 2.28. The largest absolute Gasteiger partial charge is 0.487 e. The van der Waals surface area contributed by atoms with Crippen LogP contribution in [0.25, 0.3) is 10.9 Å². The normalized spacial score (nSPS) is 15.0. The topological polar surface area (TPSA) is 66.2 Å². The first-order valence-electron chi connectivity index (χ1n) is 9.91. The fraction of sp³-hybridized carbons (Fsp3) is 0.292. The van der Waals surface area contributed by atoms with Crippen LogP contribution in [-0.4, -0.2) is 15.8 Å². The fourth-order valence-electron chi connectivity index (χ4n) is 4.28. The number of hydrogen-bond acceptors (Lipinski definition) is 4. The minimum absolute atomic E-state index is 0.211. The quantitative estimate of drug-likeness (QED) is 0.462. The van der Waals surface area contributed by atoms with Crippen LogP contribution >= 0.6 is 0 Å². The van der Waals surface area contributed by atoms with E-state index in [2.05, 4.69) is 11.2 Å². The zero-order valence-corrected chi connectivity index (χ0v) is 16.5. The maximum atomic E-state index is 12.0. The minimum Gasteiger partial charge on any atom is -0.487 e. The molecule has 0 N–H and O–H groups in total. The van der Waals surface area contributed by atoms with Crippen molar-refractivity contribution in [1.29, 1.82) is 5.26 Å². The molecule has 0 unspecified atom stereocenters. The highest BCUT2D eigenvalue weighted by Gasteiger charge is 2.43. The molecular formula is C24H23N3O2. The van der Waals surface area contributed by atoms with Crippen LogP contribution in [0.4, 0.5) is 0 Å².